The first kappa shape index (κ1) is 16.9. The van der Waals surface area contributed by atoms with Gasteiger partial charge in [-0.3, -0.25) is 0 Å². The molecule has 1 aromatic heterocycles. The number of aliphatic hydroxyl groups is 1. The van der Waals surface area contributed by atoms with Gasteiger partial charge in [0.25, 0.3) is 0 Å². The van der Waals surface area contributed by atoms with Crippen LogP contribution in [-0.2, 0) is 6.54 Å². The second-order valence-corrected chi connectivity index (χ2v) is 6.73. The predicted octanol–water partition coefficient (Wildman–Crippen LogP) is 3.51. The van der Waals surface area contributed by atoms with Crippen molar-refractivity contribution in [3.05, 3.63) is 66.8 Å². The van der Waals surface area contributed by atoms with Gasteiger partial charge in [-0.1, -0.05) is 30.4 Å². The van der Waals surface area contributed by atoms with Crippen LogP contribution >= 0.6 is 0 Å². The molecule has 4 rings (SSSR count). The van der Waals surface area contributed by atoms with E-state index in [0.29, 0.717) is 6.54 Å². The van der Waals surface area contributed by atoms with Crippen LogP contribution in [0.3, 0.4) is 0 Å². The summed E-state index contributed by atoms with van der Waals surface area (Å²) < 4.78 is 15.6. The summed E-state index contributed by atoms with van der Waals surface area (Å²) in [4.78, 5) is 4.44. The number of rotatable bonds is 4. The summed E-state index contributed by atoms with van der Waals surface area (Å²) in [7, 11) is 0. The average Bonchev–Trinajstić information content (AvgIpc) is 3.06. The van der Waals surface area contributed by atoms with E-state index >= 15 is 0 Å². The summed E-state index contributed by atoms with van der Waals surface area (Å²) in [6.45, 7) is 1.62. The van der Waals surface area contributed by atoms with Crippen LogP contribution < -0.4 is 5.32 Å². The van der Waals surface area contributed by atoms with Crippen molar-refractivity contribution < 1.29 is 9.50 Å². The van der Waals surface area contributed by atoms with Crippen LogP contribution in [0.5, 0.6) is 0 Å². The molecule has 1 fully saturated rings. The number of nitrogens with zero attached hydrogens (tertiary/aromatic N) is 2. The van der Waals surface area contributed by atoms with Gasteiger partial charge in [0.15, 0.2) is 0 Å². The molecule has 0 aliphatic carbocycles. The van der Waals surface area contributed by atoms with E-state index < -0.39 is 0 Å². The van der Waals surface area contributed by atoms with E-state index in [0.717, 1.165) is 41.5 Å². The smallest absolute Gasteiger partial charge is 0.123 e. The number of hydrogen-bond acceptors (Lipinski definition) is 3. The van der Waals surface area contributed by atoms with Crippen LogP contribution in [0.15, 0.2) is 60.9 Å². The van der Waals surface area contributed by atoms with Gasteiger partial charge in [0.05, 0.1) is 29.5 Å². The molecule has 26 heavy (non-hydrogen) atoms. The van der Waals surface area contributed by atoms with E-state index in [2.05, 4.69) is 20.9 Å². The van der Waals surface area contributed by atoms with E-state index in [1.807, 2.05) is 36.7 Å². The van der Waals surface area contributed by atoms with Crippen LogP contribution in [0, 0.1) is 5.82 Å². The van der Waals surface area contributed by atoms with Crippen molar-refractivity contribution in [1.82, 2.24) is 14.9 Å². The number of benzene rings is 2. The topological polar surface area (TPSA) is 50.1 Å². The molecule has 0 saturated carbocycles. The monoisotopic (exact) mass is 351 g/mol. The highest BCUT2D eigenvalue weighted by molar-refractivity contribution is 5.82. The minimum absolute atomic E-state index is 0.0152. The SMILES string of the molecule is O[C@H]1CCCN[C@@H]1/C=C/Cn1cnc2ccc(-c3cccc(F)c3)cc21. The normalized spacial score (nSPS) is 20.8. The van der Waals surface area contributed by atoms with Gasteiger partial charge < -0.3 is 15.0 Å². The first-order valence-electron chi connectivity index (χ1n) is 9.00. The fraction of sp³-hybridized carbons (Fsp3) is 0.286. The first-order chi connectivity index (χ1) is 12.7. The molecule has 0 unspecified atom stereocenters. The van der Waals surface area contributed by atoms with Crippen LogP contribution in [0.1, 0.15) is 12.8 Å². The van der Waals surface area contributed by atoms with Crippen molar-refractivity contribution in [3.8, 4) is 11.1 Å². The van der Waals surface area contributed by atoms with Crippen LogP contribution in [0.2, 0.25) is 0 Å². The zero-order chi connectivity index (χ0) is 17.9. The fourth-order valence-electron chi connectivity index (χ4n) is 3.46. The van der Waals surface area contributed by atoms with Gasteiger partial charge >= 0.3 is 0 Å². The van der Waals surface area contributed by atoms with Gasteiger partial charge in [0.2, 0.25) is 0 Å². The van der Waals surface area contributed by atoms with E-state index in [4.69, 9.17) is 0 Å². The zero-order valence-corrected chi connectivity index (χ0v) is 14.5. The number of fused-ring (bicyclic) bond motifs is 1. The molecular formula is C21H22FN3O. The van der Waals surface area contributed by atoms with Crippen molar-refractivity contribution in [2.24, 2.45) is 0 Å². The van der Waals surface area contributed by atoms with Crippen molar-refractivity contribution in [2.45, 2.75) is 31.5 Å². The molecule has 0 bridgehead atoms. The van der Waals surface area contributed by atoms with Crippen molar-refractivity contribution in [1.29, 1.82) is 0 Å². The largest absolute Gasteiger partial charge is 0.391 e. The summed E-state index contributed by atoms with van der Waals surface area (Å²) in [5.74, 6) is -0.238. The molecule has 2 heterocycles. The molecule has 1 saturated heterocycles. The van der Waals surface area contributed by atoms with Crippen LogP contribution in [0.25, 0.3) is 22.2 Å². The number of piperidine rings is 1. The highest BCUT2D eigenvalue weighted by Crippen LogP contribution is 2.24. The van der Waals surface area contributed by atoms with E-state index in [-0.39, 0.29) is 18.0 Å². The molecule has 0 radical (unpaired) electrons. The first-order valence-corrected chi connectivity index (χ1v) is 9.00. The molecule has 1 aliphatic rings. The zero-order valence-electron chi connectivity index (χ0n) is 14.5. The van der Waals surface area contributed by atoms with Gasteiger partial charge in [-0.2, -0.15) is 0 Å². The Morgan fingerprint density at radius 1 is 1.23 bits per heavy atom. The lowest BCUT2D eigenvalue weighted by Gasteiger charge is -2.26. The molecule has 4 nitrogen and oxygen atoms in total. The Bertz CT molecular complexity index is 934. The summed E-state index contributed by atoms with van der Waals surface area (Å²) in [6.07, 6.45) is 7.44. The van der Waals surface area contributed by atoms with E-state index in [1.54, 1.807) is 6.07 Å². The van der Waals surface area contributed by atoms with Gasteiger partial charge in [0.1, 0.15) is 5.82 Å². The third-order valence-corrected chi connectivity index (χ3v) is 4.90. The lowest BCUT2D eigenvalue weighted by molar-refractivity contribution is 0.115. The second-order valence-electron chi connectivity index (χ2n) is 6.73. The maximum Gasteiger partial charge on any atom is 0.123 e. The molecule has 2 aromatic carbocycles. The number of imidazole rings is 1. The van der Waals surface area contributed by atoms with Crippen molar-refractivity contribution in [3.63, 3.8) is 0 Å². The lowest BCUT2D eigenvalue weighted by atomic mass is 10.0. The average molecular weight is 351 g/mol. The molecule has 134 valence electrons. The number of hydrogen-bond donors (Lipinski definition) is 2. The van der Waals surface area contributed by atoms with Gasteiger partial charge in [-0.25, -0.2) is 9.37 Å². The number of halogens is 1. The Morgan fingerprint density at radius 3 is 2.96 bits per heavy atom. The van der Waals surface area contributed by atoms with Gasteiger partial charge in [0, 0.05) is 6.54 Å². The van der Waals surface area contributed by atoms with Crippen LogP contribution in [-0.4, -0.2) is 33.3 Å². The molecule has 5 heteroatoms. The van der Waals surface area contributed by atoms with Gasteiger partial charge in [-0.15, -0.1) is 0 Å². The van der Waals surface area contributed by atoms with E-state index in [9.17, 15) is 9.50 Å². The minimum atomic E-state index is -0.320. The fourth-order valence-corrected chi connectivity index (χ4v) is 3.46. The predicted molar refractivity (Wildman–Crippen MR) is 101 cm³/mol. The molecule has 1 aliphatic heterocycles. The Labute approximate surface area is 152 Å². The van der Waals surface area contributed by atoms with Gasteiger partial charge in [-0.05, 0) is 54.8 Å². The number of aromatic nitrogens is 2. The quantitative estimate of drug-likeness (QED) is 0.707. The third-order valence-electron chi connectivity index (χ3n) is 4.90. The second kappa shape index (κ2) is 7.40. The van der Waals surface area contributed by atoms with E-state index in [1.165, 1.54) is 12.1 Å². The van der Waals surface area contributed by atoms with Crippen molar-refractivity contribution in [2.75, 3.05) is 6.54 Å². The summed E-state index contributed by atoms with van der Waals surface area (Å²) >= 11 is 0. The summed E-state index contributed by atoms with van der Waals surface area (Å²) in [5.41, 5.74) is 3.74. The minimum Gasteiger partial charge on any atom is -0.391 e. The highest BCUT2D eigenvalue weighted by Gasteiger charge is 2.19. The maximum atomic E-state index is 13.5. The Balaban J connectivity index is 1.57. The highest BCUT2D eigenvalue weighted by atomic mass is 19.1. The summed E-state index contributed by atoms with van der Waals surface area (Å²) in [6, 6.07) is 12.6. The Kier molecular flexibility index (Phi) is 4.82. The van der Waals surface area contributed by atoms with Crippen LogP contribution in [0.4, 0.5) is 4.39 Å². The lowest BCUT2D eigenvalue weighted by Crippen LogP contribution is -2.43. The number of allylic oxidation sites excluding steroid dienone is 1. The van der Waals surface area contributed by atoms with Crippen molar-refractivity contribution >= 4 is 11.0 Å². The number of aliphatic hydroxyl groups excluding tert-OH is 1. The Morgan fingerprint density at radius 2 is 2.12 bits per heavy atom. The third kappa shape index (κ3) is 3.54. The summed E-state index contributed by atoms with van der Waals surface area (Å²) in [5, 5.41) is 13.3. The number of nitrogens with one attached hydrogen (secondary N) is 1. The molecule has 3 aromatic rings. The standard InChI is InChI=1S/C21H22FN3O/c22-17-5-1-4-15(12-17)16-8-9-18-20(13-16)25(14-24-18)11-3-6-19-21(26)7-2-10-23-19/h1,3-6,8-9,12-14,19,21,23,26H,2,7,10-11H2/b6-3+/t19-,21+/m1/s1. The molecule has 2 atom stereocenters. The molecule has 2 N–H and O–H groups in total. The maximum absolute atomic E-state index is 13.5. The Hall–Kier alpha value is -2.50. The molecule has 0 spiro atoms. The molecule has 0 amide bonds. The molecular weight excluding hydrogens is 329 g/mol.